The van der Waals surface area contributed by atoms with Crippen LogP contribution in [0.3, 0.4) is 0 Å². The van der Waals surface area contributed by atoms with E-state index in [0.29, 0.717) is 22.2 Å². The van der Waals surface area contributed by atoms with Gasteiger partial charge in [-0.25, -0.2) is 29.3 Å². The zero-order chi connectivity index (χ0) is 15.6. The molecule has 8 nitrogen and oxygen atoms in total. The van der Waals surface area contributed by atoms with Gasteiger partial charge in [-0.1, -0.05) is 29.8 Å². The summed E-state index contributed by atoms with van der Waals surface area (Å²) in [4.78, 5) is 16.6. The maximum absolute atomic E-state index is 6.38. The standard InChI is InChI=1S/C14H9ClN8/c15-11-4-2-1-3-10(11)12-13(22-8-16-5-20-22)18-7-19-14(12)23-9-17-6-21-23/h1-9H. The van der Waals surface area contributed by atoms with Crippen LogP contribution in [0.5, 0.6) is 0 Å². The number of hydrogen-bond acceptors (Lipinski definition) is 6. The summed E-state index contributed by atoms with van der Waals surface area (Å²) in [5, 5.41) is 8.88. The molecule has 0 N–H and O–H groups in total. The quantitative estimate of drug-likeness (QED) is 0.572. The Kier molecular flexibility index (Phi) is 3.28. The monoisotopic (exact) mass is 324 g/mol. The van der Waals surface area contributed by atoms with Crippen molar-refractivity contribution in [2.45, 2.75) is 0 Å². The summed E-state index contributed by atoms with van der Waals surface area (Å²) in [5.41, 5.74) is 1.46. The molecule has 0 unspecified atom stereocenters. The minimum absolute atomic E-state index is 0.552. The molecule has 0 aliphatic heterocycles. The summed E-state index contributed by atoms with van der Waals surface area (Å²) in [6.45, 7) is 0. The van der Waals surface area contributed by atoms with Gasteiger partial charge in [0.2, 0.25) is 0 Å². The van der Waals surface area contributed by atoms with Crippen LogP contribution < -0.4 is 0 Å². The van der Waals surface area contributed by atoms with Gasteiger partial charge in [0, 0.05) is 10.6 Å². The van der Waals surface area contributed by atoms with E-state index in [-0.39, 0.29) is 0 Å². The van der Waals surface area contributed by atoms with Crippen molar-refractivity contribution in [1.82, 2.24) is 39.5 Å². The molecule has 0 saturated heterocycles. The van der Waals surface area contributed by atoms with Gasteiger partial charge in [0.05, 0.1) is 5.56 Å². The molecule has 0 radical (unpaired) electrons. The molecule has 4 aromatic rings. The first-order valence-corrected chi connectivity index (χ1v) is 7.02. The van der Waals surface area contributed by atoms with E-state index in [9.17, 15) is 0 Å². The van der Waals surface area contributed by atoms with E-state index in [1.807, 2.05) is 18.2 Å². The van der Waals surface area contributed by atoms with Gasteiger partial charge >= 0.3 is 0 Å². The predicted molar refractivity (Wildman–Crippen MR) is 82.3 cm³/mol. The maximum Gasteiger partial charge on any atom is 0.168 e. The molecule has 3 heterocycles. The fourth-order valence-corrected chi connectivity index (χ4v) is 2.49. The summed E-state index contributed by atoms with van der Waals surface area (Å²) in [6.07, 6.45) is 7.44. The third-order valence-corrected chi connectivity index (χ3v) is 3.55. The lowest BCUT2D eigenvalue weighted by molar-refractivity contribution is 0.805. The first-order valence-electron chi connectivity index (χ1n) is 6.64. The zero-order valence-electron chi connectivity index (χ0n) is 11.7. The summed E-state index contributed by atoms with van der Waals surface area (Å²) in [6, 6.07) is 7.45. The molecule has 0 aliphatic carbocycles. The zero-order valence-corrected chi connectivity index (χ0v) is 12.4. The van der Waals surface area contributed by atoms with Crippen molar-refractivity contribution >= 4 is 11.6 Å². The van der Waals surface area contributed by atoms with Crippen LogP contribution in [-0.2, 0) is 0 Å². The van der Waals surface area contributed by atoms with Gasteiger partial charge in [0.15, 0.2) is 11.6 Å². The summed E-state index contributed by atoms with van der Waals surface area (Å²) < 4.78 is 3.11. The molecular weight excluding hydrogens is 316 g/mol. The molecule has 3 aromatic heterocycles. The predicted octanol–water partition coefficient (Wildman–Crippen LogP) is 1.96. The van der Waals surface area contributed by atoms with Crippen LogP contribution in [0.1, 0.15) is 0 Å². The smallest absolute Gasteiger partial charge is 0.168 e. The minimum Gasteiger partial charge on any atom is -0.223 e. The fourth-order valence-electron chi connectivity index (χ4n) is 2.25. The second kappa shape index (κ2) is 5.58. The van der Waals surface area contributed by atoms with Gasteiger partial charge in [-0.15, -0.1) is 0 Å². The van der Waals surface area contributed by atoms with Crippen LogP contribution in [-0.4, -0.2) is 39.5 Å². The highest BCUT2D eigenvalue weighted by atomic mass is 35.5. The molecule has 4 rings (SSSR count). The maximum atomic E-state index is 6.38. The van der Waals surface area contributed by atoms with E-state index in [4.69, 9.17) is 11.6 Å². The highest BCUT2D eigenvalue weighted by Crippen LogP contribution is 2.34. The normalized spacial score (nSPS) is 10.8. The van der Waals surface area contributed by atoms with Crippen LogP contribution in [0.4, 0.5) is 0 Å². The molecule has 9 heteroatoms. The van der Waals surface area contributed by atoms with Gasteiger partial charge in [-0.2, -0.15) is 10.2 Å². The molecule has 0 fully saturated rings. The first kappa shape index (κ1) is 13.5. The Balaban J connectivity index is 2.06. The molecule has 0 aliphatic rings. The van der Waals surface area contributed by atoms with Crippen molar-refractivity contribution in [3.8, 4) is 22.8 Å². The molecule has 0 bridgehead atoms. The lowest BCUT2D eigenvalue weighted by Crippen LogP contribution is -2.08. The van der Waals surface area contributed by atoms with Gasteiger partial charge in [-0.3, -0.25) is 0 Å². The Morgan fingerprint density at radius 2 is 1.39 bits per heavy atom. The highest BCUT2D eigenvalue weighted by Gasteiger charge is 2.19. The Morgan fingerprint density at radius 3 is 1.91 bits per heavy atom. The lowest BCUT2D eigenvalue weighted by Gasteiger charge is -2.13. The van der Waals surface area contributed by atoms with Crippen molar-refractivity contribution < 1.29 is 0 Å². The van der Waals surface area contributed by atoms with Crippen LogP contribution in [0, 0.1) is 0 Å². The molecular formula is C14H9ClN8. The molecule has 0 saturated carbocycles. The summed E-state index contributed by atoms with van der Waals surface area (Å²) >= 11 is 6.38. The SMILES string of the molecule is Clc1ccccc1-c1c(-n2cncn2)ncnc1-n1cncn1. The van der Waals surface area contributed by atoms with Crippen molar-refractivity contribution in [3.05, 3.63) is 60.9 Å². The van der Waals surface area contributed by atoms with Gasteiger partial charge in [0.1, 0.15) is 31.6 Å². The highest BCUT2D eigenvalue weighted by molar-refractivity contribution is 6.33. The van der Waals surface area contributed by atoms with Crippen LogP contribution in [0.15, 0.2) is 55.9 Å². The summed E-state index contributed by atoms with van der Waals surface area (Å²) in [7, 11) is 0. The van der Waals surface area contributed by atoms with Crippen molar-refractivity contribution in [3.63, 3.8) is 0 Å². The fraction of sp³-hybridized carbons (Fsp3) is 0. The number of benzene rings is 1. The number of aromatic nitrogens is 8. The first-order chi connectivity index (χ1) is 11.3. The lowest BCUT2D eigenvalue weighted by atomic mass is 10.1. The summed E-state index contributed by atoms with van der Waals surface area (Å²) in [5.74, 6) is 1.10. The molecule has 0 atom stereocenters. The molecule has 0 spiro atoms. The molecule has 23 heavy (non-hydrogen) atoms. The number of hydrogen-bond donors (Lipinski definition) is 0. The number of halogens is 1. The Labute approximate surface area is 135 Å². The van der Waals surface area contributed by atoms with E-state index >= 15 is 0 Å². The van der Waals surface area contributed by atoms with E-state index in [0.717, 1.165) is 5.56 Å². The third kappa shape index (κ3) is 2.34. The van der Waals surface area contributed by atoms with E-state index in [1.54, 1.807) is 28.1 Å². The second-order valence-electron chi connectivity index (χ2n) is 4.56. The number of nitrogens with zero attached hydrogens (tertiary/aromatic N) is 8. The Hall–Kier alpha value is -3.13. The number of rotatable bonds is 3. The van der Waals surface area contributed by atoms with Crippen molar-refractivity contribution in [2.75, 3.05) is 0 Å². The van der Waals surface area contributed by atoms with Gasteiger partial charge in [-0.05, 0) is 6.07 Å². The second-order valence-corrected chi connectivity index (χ2v) is 4.96. The molecule has 0 amide bonds. The molecule has 1 aromatic carbocycles. The van der Waals surface area contributed by atoms with Crippen molar-refractivity contribution in [2.24, 2.45) is 0 Å². The van der Waals surface area contributed by atoms with Crippen LogP contribution >= 0.6 is 11.6 Å². The van der Waals surface area contributed by atoms with Crippen LogP contribution in [0.2, 0.25) is 5.02 Å². The third-order valence-electron chi connectivity index (χ3n) is 3.22. The Morgan fingerprint density at radius 1 is 0.783 bits per heavy atom. The average molecular weight is 325 g/mol. The average Bonchev–Trinajstić information content (AvgIpc) is 3.28. The van der Waals surface area contributed by atoms with Gasteiger partial charge in [0.25, 0.3) is 0 Å². The molecule has 112 valence electrons. The van der Waals surface area contributed by atoms with E-state index < -0.39 is 0 Å². The Bertz CT molecular complexity index is 881. The topological polar surface area (TPSA) is 87.2 Å². The largest absolute Gasteiger partial charge is 0.223 e. The minimum atomic E-state index is 0.552. The van der Waals surface area contributed by atoms with E-state index in [2.05, 4.69) is 30.1 Å². The van der Waals surface area contributed by atoms with Crippen molar-refractivity contribution in [1.29, 1.82) is 0 Å². The van der Waals surface area contributed by atoms with Crippen LogP contribution in [0.25, 0.3) is 22.8 Å². The van der Waals surface area contributed by atoms with Gasteiger partial charge < -0.3 is 0 Å². The van der Waals surface area contributed by atoms with E-state index in [1.165, 1.54) is 19.0 Å².